The van der Waals surface area contributed by atoms with Crippen LogP contribution in [0.25, 0.3) is 0 Å². The molecule has 1 aromatic rings. The van der Waals surface area contributed by atoms with Gasteiger partial charge in [0.2, 0.25) is 0 Å². The van der Waals surface area contributed by atoms with E-state index in [4.69, 9.17) is 16.7 Å². The molecule has 0 atom stereocenters. The average Bonchev–Trinajstić information content (AvgIpc) is 2.66. The summed E-state index contributed by atoms with van der Waals surface area (Å²) in [6.45, 7) is 3.26. The highest BCUT2D eigenvalue weighted by Crippen LogP contribution is 2.34. The van der Waals surface area contributed by atoms with Crippen molar-refractivity contribution in [3.05, 3.63) is 10.5 Å². The van der Waals surface area contributed by atoms with Crippen molar-refractivity contribution in [2.75, 3.05) is 18.0 Å². The quantitative estimate of drug-likeness (QED) is 0.888. The Morgan fingerprint density at radius 2 is 2.25 bits per heavy atom. The van der Waals surface area contributed by atoms with Crippen molar-refractivity contribution >= 4 is 34.0 Å². The first kappa shape index (κ1) is 11.7. The molecular formula is C10H13ClN2O2S. The number of carboxylic acid groups (broad SMARTS) is 1. The molecule has 2 rings (SSSR count). The Morgan fingerprint density at radius 3 is 2.69 bits per heavy atom. The lowest BCUT2D eigenvalue weighted by molar-refractivity contribution is -0.149. The van der Waals surface area contributed by atoms with Gasteiger partial charge >= 0.3 is 5.97 Å². The van der Waals surface area contributed by atoms with Gasteiger partial charge in [-0.15, -0.1) is 11.3 Å². The maximum atomic E-state index is 11.1. The van der Waals surface area contributed by atoms with Crippen LogP contribution in [-0.4, -0.2) is 29.1 Å². The molecule has 88 valence electrons. The van der Waals surface area contributed by atoms with Gasteiger partial charge in [-0.25, -0.2) is 4.98 Å². The number of hydrogen-bond donors (Lipinski definition) is 1. The minimum atomic E-state index is -0.704. The molecule has 0 saturated carbocycles. The van der Waals surface area contributed by atoms with Crippen LogP contribution in [-0.2, 0) is 4.79 Å². The average molecular weight is 261 g/mol. The predicted molar refractivity (Wildman–Crippen MR) is 64.3 cm³/mol. The van der Waals surface area contributed by atoms with Crippen molar-refractivity contribution in [2.24, 2.45) is 5.41 Å². The van der Waals surface area contributed by atoms with E-state index in [2.05, 4.69) is 9.88 Å². The lowest BCUT2D eigenvalue weighted by atomic mass is 9.81. The number of anilines is 1. The number of aromatic nitrogens is 1. The number of aliphatic carboxylic acids is 1. The van der Waals surface area contributed by atoms with E-state index in [-0.39, 0.29) is 0 Å². The van der Waals surface area contributed by atoms with Crippen molar-refractivity contribution in [1.29, 1.82) is 0 Å². The van der Waals surface area contributed by atoms with Crippen LogP contribution in [0.3, 0.4) is 0 Å². The van der Waals surface area contributed by atoms with E-state index in [1.54, 1.807) is 5.38 Å². The van der Waals surface area contributed by atoms with Crippen molar-refractivity contribution in [2.45, 2.75) is 19.8 Å². The number of rotatable bonds is 2. The maximum absolute atomic E-state index is 11.1. The van der Waals surface area contributed by atoms with E-state index in [1.165, 1.54) is 11.3 Å². The molecule has 0 aromatic carbocycles. The minimum Gasteiger partial charge on any atom is -0.481 e. The fraction of sp³-hybridized carbons (Fsp3) is 0.600. The molecule has 1 aliphatic rings. The number of carbonyl (C=O) groups is 1. The Balaban J connectivity index is 2.03. The largest absolute Gasteiger partial charge is 0.481 e. The lowest BCUT2D eigenvalue weighted by Gasteiger charge is -2.36. The van der Waals surface area contributed by atoms with E-state index < -0.39 is 11.4 Å². The summed E-state index contributed by atoms with van der Waals surface area (Å²) in [5.41, 5.74) is -0.586. The van der Waals surface area contributed by atoms with Crippen LogP contribution in [0.5, 0.6) is 0 Å². The van der Waals surface area contributed by atoms with Gasteiger partial charge in [-0.2, -0.15) is 0 Å². The second kappa shape index (κ2) is 4.22. The first-order chi connectivity index (χ1) is 7.51. The topological polar surface area (TPSA) is 53.4 Å². The third kappa shape index (κ3) is 2.15. The van der Waals surface area contributed by atoms with Gasteiger partial charge in [0.05, 0.1) is 5.41 Å². The molecule has 0 amide bonds. The first-order valence-electron chi connectivity index (χ1n) is 5.11. The van der Waals surface area contributed by atoms with Crippen LogP contribution in [0.15, 0.2) is 5.38 Å². The number of hydrogen-bond acceptors (Lipinski definition) is 4. The van der Waals surface area contributed by atoms with Gasteiger partial charge in [0.25, 0.3) is 0 Å². The molecule has 2 heterocycles. The zero-order chi connectivity index (χ0) is 11.8. The number of carboxylic acids is 1. The van der Waals surface area contributed by atoms with Gasteiger partial charge in [0, 0.05) is 18.5 Å². The molecular weight excluding hydrogens is 248 g/mol. The summed E-state index contributed by atoms with van der Waals surface area (Å²) < 4.78 is 0. The van der Waals surface area contributed by atoms with Gasteiger partial charge in [-0.3, -0.25) is 4.79 Å². The molecule has 0 aliphatic carbocycles. The fourth-order valence-electron chi connectivity index (χ4n) is 1.80. The Bertz CT molecular complexity index is 399. The van der Waals surface area contributed by atoms with Gasteiger partial charge in [0.1, 0.15) is 5.15 Å². The van der Waals surface area contributed by atoms with E-state index in [9.17, 15) is 4.79 Å². The van der Waals surface area contributed by atoms with E-state index >= 15 is 0 Å². The smallest absolute Gasteiger partial charge is 0.309 e. The molecule has 1 fully saturated rings. The Hall–Kier alpha value is -0.810. The van der Waals surface area contributed by atoms with Crippen LogP contribution in [0, 0.1) is 5.41 Å². The number of thiazole rings is 1. The van der Waals surface area contributed by atoms with Gasteiger partial charge < -0.3 is 10.0 Å². The number of piperidine rings is 1. The van der Waals surface area contributed by atoms with Crippen LogP contribution in [0.2, 0.25) is 5.15 Å². The zero-order valence-corrected chi connectivity index (χ0v) is 10.5. The SMILES string of the molecule is CC1(C(=O)O)CCN(c2nc(Cl)cs2)CC1. The van der Waals surface area contributed by atoms with Crippen molar-refractivity contribution < 1.29 is 9.90 Å². The molecule has 0 unspecified atom stereocenters. The van der Waals surface area contributed by atoms with Crippen molar-refractivity contribution in [1.82, 2.24) is 4.98 Å². The minimum absolute atomic E-state index is 0.506. The summed E-state index contributed by atoms with van der Waals surface area (Å²) in [4.78, 5) is 17.4. The van der Waals surface area contributed by atoms with Gasteiger partial charge in [0.15, 0.2) is 5.13 Å². The summed E-state index contributed by atoms with van der Waals surface area (Å²) in [7, 11) is 0. The van der Waals surface area contributed by atoms with E-state index in [1.807, 2.05) is 6.92 Å². The summed E-state index contributed by atoms with van der Waals surface area (Å²) in [6, 6.07) is 0. The summed E-state index contributed by atoms with van der Waals surface area (Å²) in [5, 5.41) is 12.3. The molecule has 1 N–H and O–H groups in total. The van der Waals surface area contributed by atoms with Crippen molar-refractivity contribution in [3.8, 4) is 0 Å². The first-order valence-corrected chi connectivity index (χ1v) is 6.36. The standard InChI is InChI=1S/C10H13ClN2O2S/c1-10(8(14)15)2-4-13(5-3-10)9-12-7(11)6-16-9/h6H,2-5H2,1H3,(H,14,15). The maximum Gasteiger partial charge on any atom is 0.309 e. The normalized spacial score (nSPS) is 19.8. The zero-order valence-electron chi connectivity index (χ0n) is 8.94. The molecule has 1 aliphatic heterocycles. The third-order valence-electron chi connectivity index (χ3n) is 3.12. The second-order valence-electron chi connectivity index (χ2n) is 4.31. The van der Waals surface area contributed by atoms with Crippen LogP contribution in [0.1, 0.15) is 19.8 Å². The molecule has 4 nitrogen and oxygen atoms in total. The monoisotopic (exact) mass is 260 g/mol. The van der Waals surface area contributed by atoms with E-state index in [0.29, 0.717) is 18.0 Å². The number of nitrogens with zero attached hydrogens (tertiary/aromatic N) is 2. The molecule has 1 saturated heterocycles. The molecule has 0 radical (unpaired) electrons. The summed E-state index contributed by atoms with van der Waals surface area (Å²) in [6.07, 6.45) is 1.30. The summed E-state index contributed by atoms with van der Waals surface area (Å²) in [5.74, 6) is -0.704. The Morgan fingerprint density at radius 1 is 1.62 bits per heavy atom. The Labute approximate surface area is 103 Å². The number of halogens is 1. The fourth-order valence-corrected chi connectivity index (χ4v) is 2.80. The highest BCUT2D eigenvalue weighted by atomic mass is 35.5. The van der Waals surface area contributed by atoms with Crippen LogP contribution < -0.4 is 4.90 Å². The predicted octanol–water partition coefficient (Wildman–Crippen LogP) is 2.49. The van der Waals surface area contributed by atoms with E-state index in [0.717, 1.165) is 18.2 Å². The second-order valence-corrected chi connectivity index (χ2v) is 5.53. The molecule has 6 heteroatoms. The van der Waals surface area contributed by atoms with Gasteiger partial charge in [-0.1, -0.05) is 11.6 Å². The lowest BCUT2D eigenvalue weighted by Crippen LogP contribution is -2.42. The van der Waals surface area contributed by atoms with Crippen LogP contribution >= 0.6 is 22.9 Å². The highest BCUT2D eigenvalue weighted by molar-refractivity contribution is 7.14. The molecule has 16 heavy (non-hydrogen) atoms. The molecule has 0 spiro atoms. The van der Waals surface area contributed by atoms with Crippen LogP contribution in [0.4, 0.5) is 5.13 Å². The third-order valence-corrected chi connectivity index (χ3v) is 4.34. The van der Waals surface area contributed by atoms with Crippen molar-refractivity contribution in [3.63, 3.8) is 0 Å². The molecule has 1 aromatic heterocycles. The summed E-state index contributed by atoms with van der Waals surface area (Å²) >= 11 is 7.26. The Kier molecular flexibility index (Phi) is 3.08. The highest BCUT2D eigenvalue weighted by Gasteiger charge is 2.37. The van der Waals surface area contributed by atoms with Gasteiger partial charge in [-0.05, 0) is 19.8 Å². The molecule has 0 bridgehead atoms.